The van der Waals surface area contributed by atoms with Crippen molar-refractivity contribution in [2.45, 2.75) is 19.4 Å². The summed E-state index contributed by atoms with van der Waals surface area (Å²) in [4.78, 5) is 4.61. The molecule has 0 amide bonds. The van der Waals surface area contributed by atoms with Crippen molar-refractivity contribution in [1.82, 2.24) is 4.98 Å². The van der Waals surface area contributed by atoms with Crippen LogP contribution < -0.4 is 5.32 Å². The van der Waals surface area contributed by atoms with Crippen LogP contribution in [0.5, 0.6) is 0 Å². The number of sulfone groups is 1. The third-order valence-electron chi connectivity index (χ3n) is 4.73. The Morgan fingerprint density at radius 3 is 2.68 bits per heavy atom. The summed E-state index contributed by atoms with van der Waals surface area (Å²) in [5.74, 6) is 0.735. The number of hydrogen-bond acceptors (Lipinski definition) is 6. The van der Waals surface area contributed by atoms with Crippen LogP contribution in [-0.2, 0) is 21.2 Å². The zero-order chi connectivity index (χ0) is 17.9. The van der Waals surface area contributed by atoms with Crippen LogP contribution in [-0.4, -0.2) is 50.3 Å². The number of ether oxygens (including phenoxy) is 1. The second-order valence-electron chi connectivity index (χ2n) is 6.88. The lowest BCUT2D eigenvalue weighted by molar-refractivity contribution is 0.0315. The third kappa shape index (κ3) is 4.48. The van der Waals surface area contributed by atoms with Gasteiger partial charge in [0, 0.05) is 42.4 Å². The first kappa shape index (κ1) is 18.1. The monoisotopic (exact) mass is 364 g/mol. The Morgan fingerprint density at radius 1 is 1.28 bits per heavy atom. The van der Waals surface area contributed by atoms with Gasteiger partial charge in [0.1, 0.15) is 15.7 Å². The van der Waals surface area contributed by atoms with Gasteiger partial charge in [0.05, 0.1) is 17.9 Å². The number of pyridine rings is 1. The van der Waals surface area contributed by atoms with Crippen LogP contribution >= 0.6 is 0 Å². The predicted molar refractivity (Wildman–Crippen MR) is 98.4 cm³/mol. The molecule has 1 aliphatic rings. The highest BCUT2D eigenvalue weighted by Gasteiger charge is 2.36. The highest BCUT2D eigenvalue weighted by molar-refractivity contribution is 7.90. The van der Waals surface area contributed by atoms with Gasteiger partial charge in [-0.15, -0.1) is 0 Å². The molecule has 0 unspecified atom stereocenters. The van der Waals surface area contributed by atoms with E-state index in [1.165, 1.54) is 6.26 Å². The maximum atomic E-state index is 11.9. The van der Waals surface area contributed by atoms with Gasteiger partial charge in [0.2, 0.25) is 0 Å². The van der Waals surface area contributed by atoms with Gasteiger partial charge in [-0.05, 0) is 25.0 Å². The summed E-state index contributed by atoms with van der Waals surface area (Å²) in [6.45, 7) is 1.49. The summed E-state index contributed by atoms with van der Waals surface area (Å²) in [6.07, 6.45) is 2.65. The zero-order valence-corrected chi connectivity index (χ0v) is 15.2. The normalized spacial score (nSPS) is 17.5. The van der Waals surface area contributed by atoms with E-state index in [2.05, 4.69) is 10.3 Å². The smallest absolute Gasteiger partial charge is 0.148 e. The lowest BCUT2D eigenvalue weighted by Crippen LogP contribution is -2.41. The molecule has 2 N–H and O–H groups in total. The van der Waals surface area contributed by atoms with E-state index in [9.17, 15) is 13.5 Å². The molecule has 2 aromatic rings. The van der Waals surface area contributed by atoms with Crippen LogP contribution in [0.2, 0.25) is 0 Å². The Balaban J connectivity index is 1.86. The van der Waals surface area contributed by atoms with E-state index >= 15 is 0 Å². The third-order valence-corrected chi connectivity index (χ3v) is 5.86. The minimum Gasteiger partial charge on any atom is -0.392 e. The van der Waals surface area contributed by atoms with Crippen molar-refractivity contribution in [3.63, 3.8) is 0 Å². The highest BCUT2D eigenvalue weighted by Crippen LogP contribution is 2.33. The van der Waals surface area contributed by atoms with Crippen molar-refractivity contribution in [3.05, 3.63) is 35.9 Å². The van der Waals surface area contributed by atoms with Crippen molar-refractivity contribution in [2.24, 2.45) is 5.41 Å². The number of aliphatic hydroxyl groups excluding tert-OH is 1. The average Bonchev–Trinajstić information content (AvgIpc) is 2.58. The van der Waals surface area contributed by atoms with Crippen LogP contribution in [0.25, 0.3) is 10.9 Å². The summed E-state index contributed by atoms with van der Waals surface area (Å²) in [6, 6.07) is 9.64. The van der Waals surface area contributed by atoms with Crippen LogP contribution in [0.3, 0.4) is 0 Å². The molecule has 0 bridgehead atoms. The molecule has 136 valence electrons. The Labute approximate surface area is 148 Å². The zero-order valence-electron chi connectivity index (χ0n) is 14.4. The summed E-state index contributed by atoms with van der Waals surface area (Å²) >= 11 is 0. The van der Waals surface area contributed by atoms with E-state index in [1.54, 1.807) is 0 Å². The summed E-state index contributed by atoms with van der Waals surface area (Å²) in [5.41, 5.74) is 1.18. The Kier molecular flexibility index (Phi) is 5.27. The van der Waals surface area contributed by atoms with Crippen LogP contribution in [0.4, 0.5) is 5.82 Å². The van der Waals surface area contributed by atoms with Crippen LogP contribution in [0, 0.1) is 5.41 Å². The summed E-state index contributed by atoms with van der Waals surface area (Å²) in [7, 11) is -3.10. The second kappa shape index (κ2) is 7.27. The lowest BCUT2D eigenvalue weighted by atomic mass is 9.82. The number of anilines is 1. The molecular formula is C18H24N2O4S. The molecule has 1 saturated heterocycles. The molecule has 1 aliphatic heterocycles. The standard InChI is InChI=1S/C18H24N2O4S/c1-25(22,23)13-18(6-8-24-9-7-18)12-19-17-15(11-21)10-14-4-2-3-5-16(14)20-17/h2-5,10,21H,6-9,11-13H2,1H3,(H,19,20). The topological polar surface area (TPSA) is 88.5 Å². The van der Waals surface area contributed by atoms with E-state index in [0.717, 1.165) is 10.9 Å². The molecule has 0 aliphatic carbocycles. The average molecular weight is 364 g/mol. The number of fused-ring (bicyclic) bond motifs is 1. The minimum absolute atomic E-state index is 0.123. The van der Waals surface area contributed by atoms with Gasteiger partial charge in [-0.25, -0.2) is 13.4 Å². The first-order chi connectivity index (χ1) is 11.9. The van der Waals surface area contributed by atoms with Gasteiger partial charge in [-0.3, -0.25) is 0 Å². The van der Waals surface area contributed by atoms with E-state index in [1.807, 2.05) is 30.3 Å². The van der Waals surface area contributed by atoms with Gasteiger partial charge >= 0.3 is 0 Å². The van der Waals surface area contributed by atoms with E-state index in [4.69, 9.17) is 4.74 Å². The van der Waals surface area contributed by atoms with E-state index < -0.39 is 9.84 Å². The fourth-order valence-electron chi connectivity index (χ4n) is 3.44. The van der Waals surface area contributed by atoms with E-state index in [-0.39, 0.29) is 17.8 Å². The van der Waals surface area contributed by atoms with Crippen molar-refractivity contribution in [1.29, 1.82) is 0 Å². The number of rotatable bonds is 6. The lowest BCUT2D eigenvalue weighted by Gasteiger charge is -2.37. The van der Waals surface area contributed by atoms with Crippen molar-refractivity contribution < 1.29 is 18.3 Å². The van der Waals surface area contributed by atoms with Gasteiger partial charge in [0.15, 0.2) is 0 Å². The quantitative estimate of drug-likeness (QED) is 0.815. The van der Waals surface area contributed by atoms with Crippen LogP contribution in [0.15, 0.2) is 30.3 Å². The number of para-hydroxylation sites is 1. The Morgan fingerprint density at radius 2 is 2.00 bits per heavy atom. The fraction of sp³-hybridized carbons (Fsp3) is 0.500. The molecule has 0 radical (unpaired) electrons. The number of aliphatic hydroxyl groups is 1. The number of nitrogens with one attached hydrogen (secondary N) is 1. The van der Waals surface area contributed by atoms with Crippen molar-refractivity contribution >= 4 is 26.6 Å². The largest absolute Gasteiger partial charge is 0.392 e. The second-order valence-corrected chi connectivity index (χ2v) is 9.02. The molecule has 2 heterocycles. The van der Waals surface area contributed by atoms with Crippen LogP contribution in [0.1, 0.15) is 18.4 Å². The molecule has 1 aromatic heterocycles. The SMILES string of the molecule is CS(=O)(=O)CC1(CNc2nc3ccccc3cc2CO)CCOCC1. The first-order valence-electron chi connectivity index (χ1n) is 8.40. The minimum atomic E-state index is -3.10. The molecule has 1 aromatic carbocycles. The van der Waals surface area contributed by atoms with Gasteiger partial charge in [-0.2, -0.15) is 0 Å². The van der Waals surface area contributed by atoms with E-state index in [0.29, 0.717) is 44.0 Å². The Hall–Kier alpha value is -1.70. The summed E-state index contributed by atoms with van der Waals surface area (Å²) in [5, 5.41) is 13.9. The number of nitrogens with zero attached hydrogens (tertiary/aromatic N) is 1. The molecule has 0 atom stereocenters. The molecule has 7 heteroatoms. The number of aromatic nitrogens is 1. The maximum absolute atomic E-state index is 11.9. The number of hydrogen-bond donors (Lipinski definition) is 2. The van der Waals surface area contributed by atoms with Crippen molar-refractivity contribution in [3.8, 4) is 0 Å². The molecular weight excluding hydrogens is 340 g/mol. The number of benzene rings is 1. The molecule has 1 fully saturated rings. The molecule has 0 spiro atoms. The maximum Gasteiger partial charge on any atom is 0.148 e. The summed E-state index contributed by atoms with van der Waals surface area (Å²) < 4.78 is 29.2. The predicted octanol–water partition coefficient (Wildman–Crippen LogP) is 1.98. The molecule has 3 rings (SSSR count). The molecule has 6 nitrogen and oxygen atoms in total. The van der Waals surface area contributed by atoms with Crippen molar-refractivity contribution in [2.75, 3.05) is 37.1 Å². The van der Waals surface area contributed by atoms with Gasteiger partial charge in [0.25, 0.3) is 0 Å². The highest BCUT2D eigenvalue weighted by atomic mass is 32.2. The Bertz CT molecular complexity index is 845. The van der Waals surface area contributed by atoms with Gasteiger partial charge < -0.3 is 15.2 Å². The molecule has 0 saturated carbocycles. The fourth-order valence-corrected chi connectivity index (χ4v) is 4.94. The van der Waals surface area contributed by atoms with Gasteiger partial charge in [-0.1, -0.05) is 18.2 Å². The first-order valence-corrected chi connectivity index (χ1v) is 10.5. The molecule has 25 heavy (non-hydrogen) atoms.